The van der Waals surface area contributed by atoms with E-state index in [0.717, 1.165) is 29.7 Å². The minimum Gasteiger partial charge on any atom is -0.325 e. The number of Topliss-reactive ketones (excluding diaryl/α,β-unsaturated/α-hetero) is 1. The third-order valence-corrected chi connectivity index (χ3v) is 5.47. The van der Waals surface area contributed by atoms with E-state index in [0.29, 0.717) is 12.3 Å². The first-order valence-electron chi connectivity index (χ1n) is 7.70. The molecule has 2 fully saturated rings. The molecule has 0 heterocycles. The van der Waals surface area contributed by atoms with Gasteiger partial charge in [0.2, 0.25) is 5.91 Å². The van der Waals surface area contributed by atoms with Crippen LogP contribution >= 0.6 is 0 Å². The Labute approximate surface area is 126 Å². The molecular weight excluding hydrogens is 262 g/mol. The van der Waals surface area contributed by atoms with Crippen LogP contribution in [0.4, 0.5) is 5.69 Å². The first kappa shape index (κ1) is 14.3. The van der Waals surface area contributed by atoms with Crippen molar-refractivity contribution in [1.82, 2.24) is 0 Å². The van der Waals surface area contributed by atoms with Crippen LogP contribution in [0.2, 0.25) is 0 Å². The Balaban J connectivity index is 1.88. The average Bonchev–Trinajstić information content (AvgIpc) is 2.89. The number of aryl methyl sites for hydroxylation is 2. The number of hydrogen-bond acceptors (Lipinski definition) is 2. The van der Waals surface area contributed by atoms with Crippen LogP contribution < -0.4 is 5.32 Å². The van der Waals surface area contributed by atoms with E-state index in [9.17, 15) is 9.59 Å². The largest absolute Gasteiger partial charge is 0.325 e. The molecule has 3 heteroatoms. The summed E-state index contributed by atoms with van der Waals surface area (Å²) < 4.78 is 0. The average molecular weight is 285 g/mol. The Morgan fingerprint density at radius 3 is 2.33 bits per heavy atom. The van der Waals surface area contributed by atoms with Crippen LogP contribution in [0, 0.1) is 30.6 Å². The van der Waals surface area contributed by atoms with Gasteiger partial charge in [-0.25, -0.2) is 0 Å². The SMILES string of the molecule is Cc1cc(C)cc(NC(=O)C23CCC(C2)C(C)(C)C3=O)c1. The van der Waals surface area contributed by atoms with Gasteiger partial charge in [0.25, 0.3) is 0 Å². The molecule has 1 aromatic carbocycles. The van der Waals surface area contributed by atoms with Gasteiger partial charge in [-0.05, 0) is 62.3 Å². The van der Waals surface area contributed by atoms with E-state index in [1.165, 1.54) is 0 Å². The summed E-state index contributed by atoms with van der Waals surface area (Å²) in [5.41, 5.74) is 1.90. The van der Waals surface area contributed by atoms with E-state index in [-0.39, 0.29) is 17.1 Å². The molecule has 21 heavy (non-hydrogen) atoms. The molecule has 1 aromatic rings. The molecule has 0 aromatic heterocycles. The fraction of sp³-hybridized carbons (Fsp3) is 0.556. The van der Waals surface area contributed by atoms with Crippen LogP contribution in [-0.2, 0) is 9.59 Å². The lowest BCUT2D eigenvalue weighted by Gasteiger charge is -2.32. The standard InChI is InChI=1S/C18H23NO2/c1-11-7-12(2)9-14(8-11)19-16(21)18-6-5-13(10-18)17(3,4)15(18)20/h7-9,13H,5-6,10H2,1-4H3,(H,19,21). The Kier molecular flexibility index (Phi) is 3.01. The van der Waals surface area contributed by atoms with Crippen LogP contribution in [0.25, 0.3) is 0 Å². The van der Waals surface area contributed by atoms with Crippen LogP contribution in [0.3, 0.4) is 0 Å². The van der Waals surface area contributed by atoms with Crippen LogP contribution in [0.1, 0.15) is 44.2 Å². The molecule has 2 saturated carbocycles. The third-order valence-electron chi connectivity index (χ3n) is 5.47. The summed E-state index contributed by atoms with van der Waals surface area (Å²) in [5.74, 6) is 0.383. The zero-order valence-electron chi connectivity index (χ0n) is 13.2. The lowest BCUT2D eigenvalue weighted by Crippen LogP contribution is -2.44. The van der Waals surface area contributed by atoms with Gasteiger partial charge in [-0.1, -0.05) is 19.9 Å². The molecular formula is C18H23NO2. The van der Waals surface area contributed by atoms with E-state index in [4.69, 9.17) is 0 Å². The maximum atomic E-state index is 12.8. The molecule has 0 spiro atoms. The van der Waals surface area contributed by atoms with Crippen molar-refractivity contribution in [2.75, 3.05) is 5.32 Å². The quantitative estimate of drug-likeness (QED) is 0.843. The number of benzene rings is 1. The fourth-order valence-corrected chi connectivity index (χ4v) is 4.28. The van der Waals surface area contributed by atoms with Gasteiger partial charge in [0, 0.05) is 11.1 Å². The van der Waals surface area contributed by atoms with E-state index in [1.807, 2.05) is 39.8 Å². The van der Waals surface area contributed by atoms with E-state index >= 15 is 0 Å². The summed E-state index contributed by atoms with van der Waals surface area (Å²) in [4.78, 5) is 25.5. The minimum atomic E-state index is -0.786. The maximum absolute atomic E-state index is 12.8. The van der Waals surface area contributed by atoms with Gasteiger partial charge in [-0.15, -0.1) is 0 Å². The minimum absolute atomic E-state index is 0.106. The second-order valence-corrected chi connectivity index (χ2v) is 7.40. The molecule has 3 nitrogen and oxygen atoms in total. The number of ketones is 1. The predicted molar refractivity (Wildman–Crippen MR) is 83.1 cm³/mol. The van der Waals surface area contributed by atoms with Crippen LogP contribution in [0.5, 0.6) is 0 Å². The molecule has 0 radical (unpaired) electrons. The Bertz CT molecular complexity index is 612. The number of carbonyl (C=O) groups is 2. The van der Waals surface area contributed by atoms with E-state index in [1.54, 1.807) is 0 Å². The number of fused-ring (bicyclic) bond motifs is 2. The van der Waals surface area contributed by atoms with Crippen molar-refractivity contribution < 1.29 is 9.59 Å². The molecule has 2 unspecified atom stereocenters. The number of carbonyl (C=O) groups excluding carboxylic acids is 2. The summed E-state index contributed by atoms with van der Waals surface area (Å²) >= 11 is 0. The molecule has 2 atom stereocenters. The first-order chi connectivity index (χ1) is 9.75. The fourth-order valence-electron chi connectivity index (χ4n) is 4.28. The zero-order chi connectivity index (χ0) is 15.4. The number of amides is 1. The molecule has 2 aliphatic carbocycles. The van der Waals surface area contributed by atoms with Crippen molar-refractivity contribution in [3.05, 3.63) is 29.3 Å². The van der Waals surface area contributed by atoms with Crippen molar-refractivity contribution in [2.45, 2.75) is 47.0 Å². The Morgan fingerprint density at radius 2 is 1.81 bits per heavy atom. The predicted octanol–water partition coefficient (Wildman–Crippen LogP) is 3.64. The van der Waals surface area contributed by atoms with Crippen LogP contribution in [0.15, 0.2) is 18.2 Å². The van der Waals surface area contributed by atoms with Crippen molar-refractivity contribution in [3.8, 4) is 0 Å². The van der Waals surface area contributed by atoms with Crippen molar-refractivity contribution in [2.24, 2.45) is 16.7 Å². The molecule has 1 amide bonds. The Morgan fingerprint density at radius 1 is 1.19 bits per heavy atom. The normalized spacial score (nSPS) is 29.7. The van der Waals surface area contributed by atoms with Gasteiger partial charge in [0.05, 0.1) is 0 Å². The molecule has 3 rings (SSSR count). The van der Waals surface area contributed by atoms with Crippen molar-refractivity contribution >= 4 is 17.4 Å². The second-order valence-electron chi connectivity index (χ2n) is 7.40. The lowest BCUT2D eigenvalue weighted by atomic mass is 9.70. The number of nitrogens with one attached hydrogen (secondary N) is 1. The highest BCUT2D eigenvalue weighted by atomic mass is 16.2. The summed E-state index contributed by atoms with van der Waals surface area (Å²) in [7, 11) is 0. The topological polar surface area (TPSA) is 46.2 Å². The monoisotopic (exact) mass is 285 g/mol. The lowest BCUT2D eigenvalue weighted by molar-refractivity contribution is -0.142. The molecule has 2 bridgehead atoms. The van der Waals surface area contributed by atoms with Gasteiger partial charge in [-0.3, -0.25) is 9.59 Å². The molecule has 2 aliphatic rings. The van der Waals surface area contributed by atoms with Gasteiger partial charge in [0.15, 0.2) is 5.78 Å². The van der Waals surface area contributed by atoms with Gasteiger partial charge in [0.1, 0.15) is 5.41 Å². The summed E-state index contributed by atoms with van der Waals surface area (Å²) in [5, 5.41) is 2.99. The number of hydrogen-bond donors (Lipinski definition) is 1. The summed E-state index contributed by atoms with van der Waals surface area (Å²) in [6.45, 7) is 8.00. The van der Waals surface area contributed by atoms with Gasteiger partial charge < -0.3 is 5.32 Å². The number of anilines is 1. The molecule has 1 N–H and O–H groups in total. The highest BCUT2D eigenvalue weighted by Crippen LogP contribution is 2.60. The maximum Gasteiger partial charge on any atom is 0.238 e. The van der Waals surface area contributed by atoms with E-state index < -0.39 is 5.41 Å². The summed E-state index contributed by atoms with van der Waals surface area (Å²) in [6.07, 6.45) is 2.41. The highest BCUT2D eigenvalue weighted by Gasteiger charge is 2.64. The van der Waals surface area contributed by atoms with Crippen molar-refractivity contribution in [3.63, 3.8) is 0 Å². The smallest absolute Gasteiger partial charge is 0.238 e. The molecule has 0 saturated heterocycles. The Hall–Kier alpha value is -1.64. The molecule has 112 valence electrons. The second kappa shape index (κ2) is 4.43. The van der Waals surface area contributed by atoms with Gasteiger partial charge >= 0.3 is 0 Å². The van der Waals surface area contributed by atoms with Crippen LogP contribution in [-0.4, -0.2) is 11.7 Å². The van der Waals surface area contributed by atoms with Gasteiger partial charge in [-0.2, -0.15) is 0 Å². The van der Waals surface area contributed by atoms with E-state index in [2.05, 4.69) is 11.4 Å². The number of rotatable bonds is 2. The first-order valence-corrected chi connectivity index (χ1v) is 7.70. The summed E-state index contributed by atoms with van der Waals surface area (Å²) in [6, 6.07) is 5.99. The van der Waals surface area contributed by atoms with Crippen molar-refractivity contribution in [1.29, 1.82) is 0 Å². The molecule has 0 aliphatic heterocycles. The third kappa shape index (κ3) is 2.02. The zero-order valence-corrected chi connectivity index (χ0v) is 13.2. The highest BCUT2D eigenvalue weighted by molar-refractivity contribution is 6.15.